The van der Waals surface area contributed by atoms with E-state index in [4.69, 9.17) is 4.74 Å². The van der Waals surface area contributed by atoms with Crippen molar-refractivity contribution in [1.29, 1.82) is 0 Å². The van der Waals surface area contributed by atoms with Gasteiger partial charge in [-0.05, 0) is 37.1 Å². The Morgan fingerprint density at radius 2 is 2.29 bits per heavy atom. The fourth-order valence-corrected chi connectivity index (χ4v) is 1.83. The molecule has 1 fully saturated rings. The SMILES string of the molecule is COc1cccc([C@H]2CCCN2)c1.Cl. The lowest BCUT2D eigenvalue weighted by atomic mass is 10.1. The molecule has 2 nitrogen and oxygen atoms in total. The molecule has 0 aromatic heterocycles. The van der Waals surface area contributed by atoms with E-state index in [1.54, 1.807) is 7.11 Å². The minimum absolute atomic E-state index is 0. The number of methoxy groups -OCH3 is 1. The Morgan fingerprint density at radius 3 is 2.93 bits per heavy atom. The summed E-state index contributed by atoms with van der Waals surface area (Å²) in [5.41, 5.74) is 1.34. The van der Waals surface area contributed by atoms with Crippen molar-refractivity contribution in [1.82, 2.24) is 5.32 Å². The van der Waals surface area contributed by atoms with Gasteiger partial charge in [0, 0.05) is 6.04 Å². The van der Waals surface area contributed by atoms with Gasteiger partial charge in [-0.25, -0.2) is 0 Å². The van der Waals surface area contributed by atoms with Crippen LogP contribution in [-0.4, -0.2) is 13.7 Å². The molecule has 1 heterocycles. The van der Waals surface area contributed by atoms with E-state index >= 15 is 0 Å². The largest absolute Gasteiger partial charge is 0.497 e. The van der Waals surface area contributed by atoms with Crippen LogP contribution in [0.2, 0.25) is 0 Å². The summed E-state index contributed by atoms with van der Waals surface area (Å²) in [6.07, 6.45) is 2.52. The van der Waals surface area contributed by atoms with Gasteiger partial charge in [0.25, 0.3) is 0 Å². The van der Waals surface area contributed by atoms with Crippen LogP contribution in [0, 0.1) is 0 Å². The maximum atomic E-state index is 5.19. The van der Waals surface area contributed by atoms with Gasteiger partial charge in [0.2, 0.25) is 0 Å². The summed E-state index contributed by atoms with van der Waals surface area (Å²) in [5, 5.41) is 3.47. The number of benzene rings is 1. The van der Waals surface area contributed by atoms with Crippen LogP contribution in [0.1, 0.15) is 24.4 Å². The molecule has 0 saturated carbocycles. The quantitative estimate of drug-likeness (QED) is 0.816. The lowest BCUT2D eigenvalue weighted by Crippen LogP contribution is -2.12. The lowest BCUT2D eigenvalue weighted by Gasteiger charge is -2.11. The molecule has 0 radical (unpaired) electrons. The normalized spacial score (nSPS) is 20.2. The highest BCUT2D eigenvalue weighted by Gasteiger charge is 2.15. The number of ether oxygens (including phenoxy) is 1. The molecule has 1 aromatic rings. The Labute approximate surface area is 91.1 Å². The molecule has 0 amide bonds. The van der Waals surface area contributed by atoms with E-state index in [1.165, 1.54) is 18.4 Å². The van der Waals surface area contributed by atoms with Crippen molar-refractivity contribution in [2.24, 2.45) is 0 Å². The molecule has 1 aliphatic heterocycles. The van der Waals surface area contributed by atoms with Crippen molar-refractivity contribution in [2.75, 3.05) is 13.7 Å². The summed E-state index contributed by atoms with van der Waals surface area (Å²) in [5.74, 6) is 0.950. The first-order valence-electron chi connectivity index (χ1n) is 4.77. The summed E-state index contributed by atoms with van der Waals surface area (Å²) in [7, 11) is 1.71. The fourth-order valence-electron chi connectivity index (χ4n) is 1.83. The van der Waals surface area contributed by atoms with Gasteiger partial charge in [0.1, 0.15) is 5.75 Å². The first-order valence-corrected chi connectivity index (χ1v) is 4.77. The minimum atomic E-state index is 0. The maximum Gasteiger partial charge on any atom is 0.119 e. The summed E-state index contributed by atoms with van der Waals surface area (Å²) in [6, 6.07) is 8.84. The molecule has 1 N–H and O–H groups in total. The van der Waals surface area contributed by atoms with Gasteiger partial charge in [-0.1, -0.05) is 12.1 Å². The highest BCUT2D eigenvalue weighted by Crippen LogP contribution is 2.25. The second-order valence-electron chi connectivity index (χ2n) is 3.43. The first kappa shape index (κ1) is 11.3. The smallest absolute Gasteiger partial charge is 0.119 e. The number of halogens is 1. The number of hydrogen-bond donors (Lipinski definition) is 1. The van der Waals surface area contributed by atoms with Gasteiger partial charge in [-0.15, -0.1) is 12.4 Å². The Bertz CT molecular complexity index is 284. The molecule has 0 bridgehead atoms. The van der Waals surface area contributed by atoms with Gasteiger partial charge >= 0.3 is 0 Å². The van der Waals surface area contributed by atoms with Crippen LogP contribution in [-0.2, 0) is 0 Å². The first-order chi connectivity index (χ1) is 6.40. The van der Waals surface area contributed by atoms with Gasteiger partial charge in [-0.3, -0.25) is 0 Å². The molecule has 1 saturated heterocycles. The third-order valence-electron chi connectivity index (χ3n) is 2.56. The third-order valence-corrected chi connectivity index (χ3v) is 2.56. The predicted octanol–water partition coefficient (Wildman–Crippen LogP) is 2.54. The van der Waals surface area contributed by atoms with Gasteiger partial charge in [0.05, 0.1) is 7.11 Å². The third kappa shape index (κ3) is 2.40. The Morgan fingerprint density at radius 1 is 1.43 bits per heavy atom. The van der Waals surface area contributed by atoms with Crippen molar-refractivity contribution in [3.05, 3.63) is 29.8 Å². The van der Waals surface area contributed by atoms with E-state index in [1.807, 2.05) is 12.1 Å². The molecule has 0 unspecified atom stereocenters. The van der Waals surface area contributed by atoms with Crippen molar-refractivity contribution in [3.63, 3.8) is 0 Å². The Kier molecular flexibility index (Phi) is 4.23. The van der Waals surface area contributed by atoms with Crippen LogP contribution < -0.4 is 10.1 Å². The fraction of sp³-hybridized carbons (Fsp3) is 0.455. The van der Waals surface area contributed by atoms with Gasteiger partial charge in [0.15, 0.2) is 0 Å². The van der Waals surface area contributed by atoms with Crippen LogP contribution in [0.5, 0.6) is 5.75 Å². The summed E-state index contributed by atoms with van der Waals surface area (Å²) in [4.78, 5) is 0. The van der Waals surface area contributed by atoms with Gasteiger partial charge < -0.3 is 10.1 Å². The van der Waals surface area contributed by atoms with Crippen LogP contribution in [0.3, 0.4) is 0 Å². The van der Waals surface area contributed by atoms with E-state index in [0.29, 0.717) is 6.04 Å². The lowest BCUT2D eigenvalue weighted by molar-refractivity contribution is 0.413. The van der Waals surface area contributed by atoms with E-state index in [-0.39, 0.29) is 12.4 Å². The van der Waals surface area contributed by atoms with Crippen molar-refractivity contribution >= 4 is 12.4 Å². The highest BCUT2D eigenvalue weighted by atomic mass is 35.5. The van der Waals surface area contributed by atoms with E-state index < -0.39 is 0 Å². The molecule has 1 aliphatic rings. The van der Waals surface area contributed by atoms with Crippen LogP contribution in [0.25, 0.3) is 0 Å². The Balaban J connectivity index is 0.000000980. The standard InChI is InChI=1S/C11H15NO.ClH/c1-13-10-5-2-4-9(8-10)11-6-3-7-12-11;/h2,4-5,8,11-12H,3,6-7H2,1H3;1H/t11-;/m1./s1. The van der Waals surface area contributed by atoms with Crippen LogP contribution in [0.15, 0.2) is 24.3 Å². The zero-order valence-electron chi connectivity index (χ0n) is 8.32. The molecule has 0 aliphatic carbocycles. The number of rotatable bonds is 2. The summed E-state index contributed by atoms with van der Waals surface area (Å²) >= 11 is 0. The molecule has 1 aromatic carbocycles. The zero-order valence-corrected chi connectivity index (χ0v) is 9.14. The van der Waals surface area contributed by atoms with Crippen LogP contribution >= 0.6 is 12.4 Å². The van der Waals surface area contributed by atoms with Crippen LogP contribution in [0.4, 0.5) is 0 Å². The molecule has 78 valence electrons. The predicted molar refractivity (Wildman–Crippen MR) is 60.2 cm³/mol. The highest BCUT2D eigenvalue weighted by molar-refractivity contribution is 5.85. The average Bonchev–Trinajstić information content (AvgIpc) is 2.71. The Hall–Kier alpha value is -0.730. The molecule has 3 heteroatoms. The molecule has 1 atom stereocenters. The summed E-state index contributed by atoms with van der Waals surface area (Å²) in [6.45, 7) is 1.14. The molecule has 0 spiro atoms. The van der Waals surface area contributed by atoms with Crippen molar-refractivity contribution < 1.29 is 4.74 Å². The topological polar surface area (TPSA) is 21.3 Å². The summed E-state index contributed by atoms with van der Waals surface area (Å²) < 4.78 is 5.19. The maximum absolute atomic E-state index is 5.19. The van der Waals surface area contributed by atoms with Crippen molar-refractivity contribution in [3.8, 4) is 5.75 Å². The van der Waals surface area contributed by atoms with Crippen molar-refractivity contribution in [2.45, 2.75) is 18.9 Å². The molecule has 2 rings (SSSR count). The number of nitrogens with one attached hydrogen (secondary N) is 1. The van der Waals surface area contributed by atoms with E-state index in [2.05, 4.69) is 17.4 Å². The second kappa shape index (κ2) is 5.23. The second-order valence-corrected chi connectivity index (χ2v) is 3.43. The monoisotopic (exact) mass is 213 g/mol. The van der Waals surface area contributed by atoms with Gasteiger partial charge in [-0.2, -0.15) is 0 Å². The average molecular weight is 214 g/mol. The molecular formula is C11H16ClNO. The van der Waals surface area contributed by atoms with E-state index in [0.717, 1.165) is 12.3 Å². The molecular weight excluding hydrogens is 198 g/mol. The minimum Gasteiger partial charge on any atom is -0.497 e. The molecule has 14 heavy (non-hydrogen) atoms. The van der Waals surface area contributed by atoms with E-state index in [9.17, 15) is 0 Å². The number of hydrogen-bond acceptors (Lipinski definition) is 2. The zero-order chi connectivity index (χ0) is 9.10.